The first-order valence-corrected chi connectivity index (χ1v) is 14.1. The van der Waals surface area contributed by atoms with Crippen LogP contribution in [0.25, 0.3) is 44.4 Å². The Morgan fingerprint density at radius 1 is 0.711 bits per heavy atom. The van der Waals surface area contributed by atoms with E-state index in [4.69, 9.17) is 19.9 Å². The molecule has 0 spiro atoms. The molecule has 234 valence electrons. The summed E-state index contributed by atoms with van der Waals surface area (Å²) in [5.41, 5.74) is 9.23. The van der Waals surface area contributed by atoms with Crippen LogP contribution in [0.2, 0.25) is 0 Å². The van der Waals surface area contributed by atoms with Crippen LogP contribution in [0, 0.1) is 13.8 Å². The molecule has 8 bridgehead atoms. The van der Waals surface area contributed by atoms with Gasteiger partial charge >= 0.3 is 11.9 Å². The number of hydrogen-bond acceptors (Lipinski definition) is 6. The van der Waals surface area contributed by atoms with E-state index in [2.05, 4.69) is 6.58 Å². The second kappa shape index (κ2) is 12.7. The van der Waals surface area contributed by atoms with E-state index >= 15 is 0 Å². The van der Waals surface area contributed by atoms with Crippen molar-refractivity contribution < 1.29 is 46.8 Å². The van der Waals surface area contributed by atoms with Gasteiger partial charge in [0.1, 0.15) is 5.76 Å². The molecule has 2 aliphatic heterocycles. The van der Waals surface area contributed by atoms with Gasteiger partial charge in [-0.2, -0.15) is 0 Å². The summed E-state index contributed by atoms with van der Waals surface area (Å²) in [5.74, 6) is -2.24. The van der Waals surface area contributed by atoms with Gasteiger partial charge in [0, 0.05) is 41.0 Å². The average Bonchev–Trinajstić information content (AvgIpc) is 3.59. The molecule has 3 aromatic rings. The summed E-state index contributed by atoms with van der Waals surface area (Å²) in [4.78, 5) is 55.2. The van der Waals surface area contributed by atoms with Gasteiger partial charge < -0.3 is 25.3 Å². The van der Waals surface area contributed by atoms with Crippen molar-refractivity contribution in [3.8, 4) is 0 Å². The fourth-order valence-electron chi connectivity index (χ4n) is 5.87. The Labute approximate surface area is 270 Å². The van der Waals surface area contributed by atoms with Crippen molar-refractivity contribution >= 4 is 62.1 Å². The van der Waals surface area contributed by atoms with Crippen LogP contribution < -0.4 is 9.97 Å². The fourth-order valence-corrected chi connectivity index (χ4v) is 5.87. The molecular formula is C34H32FeN4O6-2. The Bertz CT molecular complexity index is 2030. The average molecular weight is 648 g/mol. The van der Waals surface area contributed by atoms with Crippen molar-refractivity contribution in [1.29, 1.82) is 0 Å². The molecule has 11 heteroatoms. The van der Waals surface area contributed by atoms with Crippen molar-refractivity contribution in [3.05, 3.63) is 81.6 Å². The van der Waals surface area contributed by atoms with Crippen molar-refractivity contribution in [2.75, 3.05) is 0 Å². The number of hydrogen-bond donors (Lipinski definition) is 3. The Balaban J connectivity index is 0.00000461. The smallest absolute Gasteiger partial charge is 0.303 e. The van der Waals surface area contributed by atoms with Gasteiger partial charge in [-0.05, 0) is 64.2 Å². The summed E-state index contributed by atoms with van der Waals surface area (Å²) in [7, 11) is 0. The molecule has 45 heavy (non-hydrogen) atoms. The number of Topliss-reactive ketones (excluding diaryl/α,β-unsaturated/α-hetero) is 1. The van der Waals surface area contributed by atoms with E-state index in [-0.39, 0.29) is 54.3 Å². The maximum absolute atomic E-state index is 12.8. The number of allylic oxidation sites excluding steroid dienone is 4. The molecule has 2 aliphatic rings. The van der Waals surface area contributed by atoms with Crippen LogP contribution in [0.5, 0.6) is 0 Å². The zero-order valence-corrected chi connectivity index (χ0v) is 26.7. The normalized spacial score (nSPS) is 12.7. The van der Waals surface area contributed by atoms with Crippen molar-refractivity contribution in [1.82, 2.24) is 19.9 Å². The Morgan fingerprint density at radius 2 is 1.22 bits per heavy atom. The number of carbonyl (C=O) groups excluding carboxylic acids is 1. The van der Waals surface area contributed by atoms with Gasteiger partial charge in [-0.25, -0.2) is 9.97 Å². The number of aliphatic hydroxyl groups is 1. The minimum atomic E-state index is -0.948. The van der Waals surface area contributed by atoms with Gasteiger partial charge in [-0.3, -0.25) is 14.4 Å². The van der Waals surface area contributed by atoms with E-state index in [1.807, 2.05) is 20.8 Å². The molecule has 3 N–H and O–H groups in total. The number of aryl methyl sites for hydroxylation is 3. The number of nitrogens with zero attached hydrogens (tertiary/aromatic N) is 4. The molecule has 5 heterocycles. The molecule has 10 nitrogen and oxygen atoms in total. The second-order valence-electron chi connectivity index (χ2n) is 11.1. The Hall–Kier alpha value is -4.73. The predicted molar refractivity (Wildman–Crippen MR) is 168 cm³/mol. The minimum Gasteiger partial charge on any atom is -0.657 e. The number of aliphatic carboxylic acids is 2. The zero-order chi connectivity index (χ0) is 32.0. The van der Waals surface area contributed by atoms with E-state index in [0.29, 0.717) is 67.1 Å². The first-order chi connectivity index (χ1) is 20.8. The molecule has 0 atom stereocenters. The van der Waals surface area contributed by atoms with Crippen molar-refractivity contribution in [2.45, 2.75) is 60.3 Å². The van der Waals surface area contributed by atoms with E-state index in [1.54, 1.807) is 31.2 Å². The SMILES string of the molecule is C=C(O)C1=C(C)c2cc3[n-]c(cc4nc(cc5[n-]c(cc1n2)c(C)c5C(C)=O)C(C)=C4CCC(=O)O)c(CCC(=O)O)c3C.[Fe]. The minimum absolute atomic E-state index is 0. The van der Waals surface area contributed by atoms with Crippen LogP contribution >= 0.6 is 0 Å². The van der Waals surface area contributed by atoms with Crippen LogP contribution in [0.3, 0.4) is 0 Å². The van der Waals surface area contributed by atoms with E-state index in [9.17, 15) is 29.7 Å². The molecule has 0 saturated heterocycles. The largest absolute Gasteiger partial charge is 0.657 e. The number of rotatable bonds is 8. The van der Waals surface area contributed by atoms with Gasteiger partial charge in [0.25, 0.3) is 0 Å². The summed E-state index contributed by atoms with van der Waals surface area (Å²) in [6.45, 7) is 12.5. The molecule has 0 saturated carbocycles. The maximum Gasteiger partial charge on any atom is 0.303 e. The number of aromatic nitrogens is 4. The third-order valence-electron chi connectivity index (χ3n) is 8.20. The fraction of sp³-hybridized carbons (Fsp3) is 0.265. The summed E-state index contributed by atoms with van der Waals surface area (Å²) in [5, 5.41) is 29.4. The molecule has 0 aromatic carbocycles. The van der Waals surface area contributed by atoms with Crippen LogP contribution in [0.1, 0.15) is 89.9 Å². The summed E-state index contributed by atoms with van der Waals surface area (Å²) < 4.78 is 0. The summed E-state index contributed by atoms with van der Waals surface area (Å²) >= 11 is 0. The third kappa shape index (κ3) is 6.27. The second-order valence-corrected chi connectivity index (χ2v) is 11.1. The topological polar surface area (TPSA) is 166 Å². The van der Waals surface area contributed by atoms with Gasteiger partial charge in [0.15, 0.2) is 5.78 Å². The monoisotopic (exact) mass is 648 g/mol. The molecule has 5 rings (SSSR count). The van der Waals surface area contributed by atoms with Crippen LogP contribution in [-0.4, -0.2) is 43.0 Å². The van der Waals surface area contributed by atoms with Crippen molar-refractivity contribution in [2.24, 2.45) is 0 Å². The summed E-state index contributed by atoms with van der Waals surface area (Å²) in [6.07, 6.45) is 0.225. The van der Waals surface area contributed by atoms with Gasteiger partial charge in [-0.15, -0.1) is 22.1 Å². The molecule has 0 radical (unpaired) electrons. The molecule has 0 unspecified atom stereocenters. The number of carbonyl (C=O) groups is 3. The number of ketones is 1. The van der Waals surface area contributed by atoms with E-state index in [1.165, 1.54) is 6.92 Å². The maximum atomic E-state index is 12.8. The van der Waals surface area contributed by atoms with Gasteiger partial charge in [0.2, 0.25) is 0 Å². The number of carboxylic acid groups (broad SMARTS) is 2. The Morgan fingerprint density at radius 3 is 1.84 bits per heavy atom. The standard InChI is InChI=1S/C34H34N4O6.Fe/c1-15-21(7-9-31(41)42)27-14-28-22(8-10-32(43)44)16(2)24(36-28)12-29-34(20(6)40)18(4)26(38-29)13-30-33(19(5)39)17(3)25(37-30)11-23(15)35-27;/h11-14H,5,7-10H2,1-4,6H3,(H5,35,36,37,38,39,40,41,42,43,44);/p-2. The number of carboxylic acids is 2. The first-order valence-electron chi connectivity index (χ1n) is 14.1. The quantitative estimate of drug-likeness (QED) is 0.145. The van der Waals surface area contributed by atoms with Crippen LogP contribution in [0.15, 0.2) is 36.6 Å². The van der Waals surface area contributed by atoms with Gasteiger partial charge in [0.05, 0.1) is 22.8 Å². The molecule has 0 aliphatic carbocycles. The van der Waals surface area contributed by atoms with Gasteiger partial charge in [-0.1, -0.05) is 47.5 Å². The van der Waals surface area contributed by atoms with Crippen LogP contribution in [-0.2, 0) is 33.1 Å². The summed E-state index contributed by atoms with van der Waals surface area (Å²) in [6, 6.07) is 6.98. The molecular weight excluding hydrogens is 616 g/mol. The van der Waals surface area contributed by atoms with E-state index in [0.717, 1.165) is 22.3 Å². The first kappa shape index (κ1) is 33.2. The predicted octanol–water partition coefficient (Wildman–Crippen LogP) is 6.21. The van der Waals surface area contributed by atoms with E-state index < -0.39 is 11.9 Å². The number of fused-ring (bicyclic) bond motifs is 8. The van der Waals surface area contributed by atoms with Crippen LogP contribution in [0.4, 0.5) is 0 Å². The molecule has 3 aromatic heterocycles. The zero-order valence-electron chi connectivity index (χ0n) is 25.6. The number of aliphatic hydroxyl groups excluding tert-OH is 1. The van der Waals surface area contributed by atoms with Crippen molar-refractivity contribution in [3.63, 3.8) is 0 Å². The molecule has 0 amide bonds. The Kier molecular flexibility index (Phi) is 9.37. The third-order valence-corrected chi connectivity index (χ3v) is 8.20. The molecule has 0 fully saturated rings.